The summed E-state index contributed by atoms with van der Waals surface area (Å²) in [5, 5.41) is 3.01. The van der Waals surface area contributed by atoms with Gasteiger partial charge in [-0.15, -0.1) is 12.6 Å². The molecule has 0 aliphatic carbocycles. The van der Waals surface area contributed by atoms with Crippen LogP contribution in [0.3, 0.4) is 0 Å². The maximum Gasteiger partial charge on any atom is 0.216 e. The van der Waals surface area contributed by atoms with Gasteiger partial charge in [0.2, 0.25) is 5.12 Å². The number of nitrogens with zero attached hydrogens (tertiary/aromatic N) is 1. The quantitative estimate of drug-likeness (QED) is 0.514. The number of carbonyl (C=O) groups excluding carboxylic acids is 2. The largest absolute Gasteiger partial charge is 0.378 e. The zero-order chi connectivity index (χ0) is 20.9. The van der Waals surface area contributed by atoms with Crippen LogP contribution in [0.4, 0.5) is 5.69 Å². The number of carbonyl (C=O) groups is 2. The molecular formula is C23H28N2O3S. The number of thiol groups is 1. The van der Waals surface area contributed by atoms with Crippen molar-refractivity contribution in [2.24, 2.45) is 0 Å². The molecule has 1 unspecified atom stereocenters. The highest BCUT2D eigenvalue weighted by molar-refractivity contribution is 7.97. The molecule has 1 saturated heterocycles. The lowest BCUT2D eigenvalue weighted by atomic mass is 9.81. The van der Waals surface area contributed by atoms with E-state index in [-0.39, 0.29) is 10.9 Å². The molecule has 0 spiro atoms. The van der Waals surface area contributed by atoms with E-state index in [4.69, 9.17) is 4.74 Å². The monoisotopic (exact) mass is 412 g/mol. The second-order valence-corrected chi connectivity index (χ2v) is 7.75. The van der Waals surface area contributed by atoms with Crippen molar-refractivity contribution in [3.8, 4) is 0 Å². The van der Waals surface area contributed by atoms with Gasteiger partial charge in [0.1, 0.15) is 0 Å². The Bertz CT molecular complexity index is 839. The van der Waals surface area contributed by atoms with Gasteiger partial charge in [0, 0.05) is 29.9 Å². The van der Waals surface area contributed by atoms with E-state index in [1.54, 1.807) is 12.1 Å². The van der Waals surface area contributed by atoms with Crippen LogP contribution in [0.2, 0.25) is 0 Å². The molecule has 0 saturated carbocycles. The van der Waals surface area contributed by atoms with Gasteiger partial charge in [0.15, 0.2) is 5.78 Å². The van der Waals surface area contributed by atoms with Crippen LogP contribution in [0.1, 0.15) is 39.6 Å². The first-order chi connectivity index (χ1) is 14.0. The molecule has 1 atom stereocenters. The third kappa shape index (κ3) is 4.89. The Morgan fingerprint density at radius 1 is 1.03 bits per heavy atom. The summed E-state index contributed by atoms with van der Waals surface area (Å²) in [7, 11) is 1.83. The van der Waals surface area contributed by atoms with Crippen molar-refractivity contribution in [3.05, 3.63) is 65.2 Å². The van der Waals surface area contributed by atoms with Crippen LogP contribution in [0.15, 0.2) is 48.5 Å². The van der Waals surface area contributed by atoms with Gasteiger partial charge in [0.05, 0.1) is 18.8 Å². The number of hydrogen-bond donors (Lipinski definition) is 2. The zero-order valence-electron chi connectivity index (χ0n) is 17.0. The maximum atomic E-state index is 13.4. The molecule has 1 heterocycles. The van der Waals surface area contributed by atoms with Crippen LogP contribution in [0.5, 0.6) is 0 Å². The number of nitrogens with one attached hydrogen (secondary N) is 1. The molecule has 1 aliphatic heterocycles. The lowest BCUT2D eigenvalue weighted by Crippen LogP contribution is -2.51. The number of likely N-dealkylation sites (N-methyl/N-ethyl adjacent to an activating group) is 1. The first-order valence-corrected chi connectivity index (χ1v) is 10.4. The van der Waals surface area contributed by atoms with Crippen LogP contribution < -0.4 is 10.2 Å². The molecule has 0 radical (unpaired) electrons. The number of anilines is 1. The lowest BCUT2D eigenvalue weighted by Gasteiger charge is -2.32. The van der Waals surface area contributed by atoms with Crippen molar-refractivity contribution < 1.29 is 14.3 Å². The number of ether oxygens (including phenoxy) is 1. The van der Waals surface area contributed by atoms with Gasteiger partial charge in [-0.2, -0.15) is 0 Å². The van der Waals surface area contributed by atoms with Gasteiger partial charge < -0.3 is 15.0 Å². The average Bonchev–Trinajstić information content (AvgIpc) is 2.78. The smallest absolute Gasteiger partial charge is 0.216 e. The Kier molecular flexibility index (Phi) is 7.11. The summed E-state index contributed by atoms with van der Waals surface area (Å²) >= 11 is 3.86. The molecule has 0 bridgehead atoms. The fraction of sp³-hybridized carbons (Fsp3) is 0.391. The minimum atomic E-state index is -0.701. The summed E-state index contributed by atoms with van der Waals surface area (Å²) in [6.07, 6.45) is 1.20. The van der Waals surface area contributed by atoms with Crippen LogP contribution in [-0.2, 0) is 11.2 Å². The summed E-state index contributed by atoms with van der Waals surface area (Å²) in [4.78, 5) is 27.1. The van der Waals surface area contributed by atoms with E-state index in [0.717, 1.165) is 37.6 Å². The second kappa shape index (κ2) is 9.57. The summed E-state index contributed by atoms with van der Waals surface area (Å²) in [6.45, 7) is 5.22. The Hall–Kier alpha value is -2.15. The van der Waals surface area contributed by atoms with E-state index in [9.17, 15) is 9.59 Å². The molecular weight excluding hydrogens is 384 g/mol. The van der Waals surface area contributed by atoms with Gasteiger partial charge in [-0.25, -0.2) is 0 Å². The number of rotatable bonds is 8. The molecule has 5 nitrogen and oxygen atoms in total. The molecule has 6 heteroatoms. The molecule has 29 heavy (non-hydrogen) atoms. The van der Waals surface area contributed by atoms with Crippen molar-refractivity contribution >= 4 is 29.2 Å². The Labute approximate surface area is 177 Å². The van der Waals surface area contributed by atoms with Crippen LogP contribution in [0.25, 0.3) is 0 Å². The van der Waals surface area contributed by atoms with E-state index < -0.39 is 5.54 Å². The first kappa shape index (κ1) is 21.6. The Balaban J connectivity index is 1.79. The van der Waals surface area contributed by atoms with Crippen LogP contribution in [-0.4, -0.2) is 49.8 Å². The molecule has 2 aromatic rings. The SMILES string of the molecule is CCC(Cc1ccc(C(=O)S)cc1)(NC)C(=O)c1ccc(N2CCOCC2)cc1. The van der Waals surface area contributed by atoms with Crippen LogP contribution in [0, 0.1) is 0 Å². The van der Waals surface area contributed by atoms with Crippen LogP contribution >= 0.6 is 12.6 Å². The minimum Gasteiger partial charge on any atom is -0.378 e. The zero-order valence-corrected chi connectivity index (χ0v) is 17.9. The molecule has 3 rings (SSSR count). The molecule has 1 fully saturated rings. The van der Waals surface area contributed by atoms with Gasteiger partial charge in [0.25, 0.3) is 0 Å². The van der Waals surface area contributed by atoms with Gasteiger partial charge in [-0.3, -0.25) is 9.59 Å². The molecule has 0 amide bonds. The van der Waals surface area contributed by atoms with E-state index in [1.807, 2.05) is 50.4 Å². The summed E-state index contributed by atoms with van der Waals surface area (Å²) in [5.74, 6) is 0.0744. The standard InChI is InChI=1S/C23H28N2O3S/c1-3-23(24-2,16-17-4-6-19(7-5-17)22(27)29)21(26)18-8-10-20(11-9-18)25-12-14-28-15-13-25/h4-11,24H,3,12-16H2,1-2H3,(H,27,29). The van der Waals surface area contributed by atoms with Gasteiger partial charge in [-0.1, -0.05) is 31.2 Å². The predicted molar refractivity (Wildman–Crippen MR) is 119 cm³/mol. The lowest BCUT2D eigenvalue weighted by molar-refractivity contribution is 0.0851. The first-order valence-electron chi connectivity index (χ1n) is 9.98. The Morgan fingerprint density at radius 3 is 2.14 bits per heavy atom. The third-order valence-corrected chi connectivity index (χ3v) is 5.99. The van der Waals surface area contributed by atoms with Gasteiger partial charge in [-0.05, 0) is 49.7 Å². The number of Topliss-reactive ketones (excluding diaryl/α,β-unsaturated/α-hetero) is 1. The van der Waals surface area contributed by atoms with E-state index in [0.29, 0.717) is 24.0 Å². The Morgan fingerprint density at radius 2 is 1.62 bits per heavy atom. The molecule has 1 N–H and O–H groups in total. The fourth-order valence-electron chi connectivity index (χ4n) is 3.78. The van der Waals surface area contributed by atoms with E-state index in [2.05, 4.69) is 22.8 Å². The summed E-state index contributed by atoms with van der Waals surface area (Å²) in [5.41, 5.74) is 2.66. The topological polar surface area (TPSA) is 58.6 Å². The summed E-state index contributed by atoms with van der Waals surface area (Å²) in [6, 6.07) is 15.1. The molecule has 154 valence electrons. The predicted octanol–water partition coefficient (Wildman–Crippen LogP) is 3.39. The fourth-order valence-corrected chi connectivity index (χ4v) is 3.93. The highest BCUT2D eigenvalue weighted by Crippen LogP contribution is 2.25. The number of hydrogen-bond acceptors (Lipinski definition) is 5. The molecule has 1 aliphatic rings. The van der Waals surface area contributed by atoms with Crippen molar-refractivity contribution in [1.82, 2.24) is 5.32 Å². The van der Waals surface area contributed by atoms with Crippen molar-refractivity contribution in [2.45, 2.75) is 25.3 Å². The normalized spacial score (nSPS) is 16.3. The number of ketones is 1. The van der Waals surface area contributed by atoms with Gasteiger partial charge >= 0.3 is 0 Å². The van der Waals surface area contributed by atoms with Crippen molar-refractivity contribution in [2.75, 3.05) is 38.3 Å². The minimum absolute atomic E-state index is 0.0744. The maximum absolute atomic E-state index is 13.4. The van der Waals surface area contributed by atoms with Crippen molar-refractivity contribution in [3.63, 3.8) is 0 Å². The molecule has 2 aromatic carbocycles. The van der Waals surface area contributed by atoms with Crippen molar-refractivity contribution in [1.29, 1.82) is 0 Å². The number of morpholine rings is 1. The highest BCUT2D eigenvalue weighted by Gasteiger charge is 2.35. The molecule has 0 aromatic heterocycles. The van der Waals surface area contributed by atoms with E-state index >= 15 is 0 Å². The third-order valence-electron chi connectivity index (χ3n) is 5.73. The highest BCUT2D eigenvalue weighted by atomic mass is 32.1. The number of benzene rings is 2. The van der Waals surface area contributed by atoms with E-state index in [1.165, 1.54) is 0 Å². The summed E-state index contributed by atoms with van der Waals surface area (Å²) < 4.78 is 5.41. The average molecular weight is 413 g/mol. The second-order valence-electron chi connectivity index (χ2n) is 7.34.